The van der Waals surface area contributed by atoms with Crippen LogP contribution < -0.4 is 16.2 Å². The molecule has 0 aliphatic carbocycles. The Labute approximate surface area is 153 Å². The van der Waals surface area contributed by atoms with Crippen LogP contribution in [0.2, 0.25) is 0 Å². The average molecular weight is 353 g/mol. The monoisotopic (exact) mass is 353 g/mol. The van der Waals surface area contributed by atoms with Crippen LogP contribution in [-0.2, 0) is 16.0 Å². The number of rotatable bonds is 7. The van der Waals surface area contributed by atoms with Gasteiger partial charge in [-0.3, -0.25) is 25.2 Å². The molecular weight excluding hydrogens is 330 g/mol. The van der Waals surface area contributed by atoms with Crippen LogP contribution in [0.25, 0.3) is 0 Å². The fraction of sp³-hybridized carbons (Fsp3) is 0.250. The quantitative estimate of drug-likeness (QED) is 0.669. The predicted octanol–water partition coefficient (Wildman–Crippen LogP) is 2.82. The number of hydrogen-bond donors (Lipinski definition) is 3. The molecule has 0 atom stereocenters. The highest BCUT2D eigenvalue weighted by Gasteiger charge is 2.08. The second kappa shape index (κ2) is 9.98. The summed E-state index contributed by atoms with van der Waals surface area (Å²) in [4.78, 5) is 35.6. The zero-order chi connectivity index (χ0) is 18.8. The SMILES string of the molecule is CCCCC(=O)Nc1ccc(C(=O)NNC(=O)Cc2ccccc2)cc1. The van der Waals surface area contributed by atoms with Gasteiger partial charge in [0.15, 0.2) is 0 Å². The number of carbonyl (C=O) groups is 3. The molecule has 0 heterocycles. The molecule has 0 bridgehead atoms. The van der Waals surface area contributed by atoms with E-state index in [-0.39, 0.29) is 18.2 Å². The lowest BCUT2D eigenvalue weighted by atomic mass is 10.1. The van der Waals surface area contributed by atoms with Crippen molar-refractivity contribution in [2.75, 3.05) is 5.32 Å². The van der Waals surface area contributed by atoms with Crippen molar-refractivity contribution in [2.45, 2.75) is 32.6 Å². The van der Waals surface area contributed by atoms with Crippen molar-refractivity contribution in [3.8, 4) is 0 Å². The molecule has 0 radical (unpaired) electrons. The Kier molecular flexibility index (Phi) is 7.36. The summed E-state index contributed by atoms with van der Waals surface area (Å²) in [6.45, 7) is 2.03. The van der Waals surface area contributed by atoms with E-state index in [4.69, 9.17) is 0 Å². The number of nitrogens with one attached hydrogen (secondary N) is 3. The molecular formula is C20H23N3O3. The number of unbranched alkanes of at least 4 members (excludes halogenated alkanes) is 1. The van der Waals surface area contributed by atoms with E-state index >= 15 is 0 Å². The topological polar surface area (TPSA) is 87.3 Å². The highest BCUT2D eigenvalue weighted by Crippen LogP contribution is 2.10. The van der Waals surface area contributed by atoms with Crippen molar-refractivity contribution >= 4 is 23.4 Å². The molecule has 6 nitrogen and oxygen atoms in total. The summed E-state index contributed by atoms with van der Waals surface area (Å²) in [5.41, 5.74) is 6.66. The van der Waals surface area contributed by atoms with Crippen molar-refractivity contribution in [3.63, 3.8) is 0 Å². The molecule has 3 amide bonds. The van der Waals surface area contributed by atoms with Crippen LogP contribution in [0.15, 0.2) is 54.6 Å². The molecule has 0 aliphatic rings. The maximum Gasteiger partial charge on any atom is 0.269 e. The zero-order valence-electron chi connectivity index (χ0n) is 14.7. The standard InChI is InChI=1S/C20H23N3O3/c1-2-3-9-18(24)21-17-12-10-16(11-13-17)20(26)23-22-19(25)14-15-7-5-4-6-8-15/h4-8,10-13H,2-3,9,14H2,1H3,(H,21,24)(H,22,25)(H,23,26). The largest absolute Gasteiger partial charge is 0.326 e. The van der Waals surface area contributed by atoms with E-state index in [1.807, 2.05) is 37.3 Å². The van der Waals surface area contributed by atoms with Crippen LogP contribution in [0, 0.1) is 0 Å². The Hall–Kier alpha value is -3.15. The van der Waals surface area contributed by atoms with E-state index in [0.717, 1.165) is 18.4 Å². The molecule has 136 valence electrons. The Morgan fingerprint density at radius 1 is 0.846 bits per heavy atom. The number of anilines is 1. The van der Waals surface area contributed by atoms with Crippen LogP contribution in [0.1, 0.15) is 42.1 Å². The van der Waals surface area contributed by atoms with E-state index in [1.165, 1.54) is 0 Å². The van der Waals surface area contributed by atoms with Crippen LogP contribution in [0.3, 0.4) is 0 Å². The molecule has 0 saturated heterocycles. The summed E-state index contributed by atoms with van der Waals surface area (Å²) < 4.78 is 0. The van der Waals surface area contributed by atoms with Crippen molar-refractivity contribution in [3.05, 3.63) is 65.7 Å². The summed E-state index contributed by atoms with van der Waals surface area (Å²) in [6, 6.07) is 15.8. The van der Waals surface area contributed by atoms with Gasteiger partial charge in [-0.1, -0.05) is 43.7 Å². The highest BCUT2D eigenvalue weighted by atomic mass is 16.2. The first-order chi connectivity index (χ1) is 12.6. The van der Waals surface area contributed by atoms with E-state index in [2.05, 4.69) is 16.2 Å². The van der Waals surface area contributed by atoms with Crippen LogP contribution in [-0.4, -0.2) is 17.7 Å². The zero-order valence-corrected chi connectivity index (χ0v) is 14.7. The molecule has 0 unspecified atom stereocenters. The van der Waals surface area contributed by atoms with Crippen molar-refractivity contribution in [1.29, 1.82) is 0 Å². The molecule has 3 N–H and O–H groups in total. The summed E-state index contributed by atoms with van der Waals surface area (Å²) in [5, 5.41) is 2.78. The Balaban J connectivity index is 1.80. The fourth-order valence-corrected chi connectivity index (χ4v) is 2.29. The van der Waals surface area contributed by atoms with Gasteiger partial charge >= 0.3 is 0 Å². The molecule has 26 heavy (non-hydrogen) atoms. The third kappa shape index (κ3) is 6.39. The molecule has 2 rings (SSSR count). The van der Waals surface area contributed by atoms with Gasteiger partial charge in [-0.2, -0.15) is 0 Å². The summed E-state index contributed by atoms with van der Waals surface area (Å²) in [5.74, 6) is -0.767. The molecule has 0 aliphatic heterocycles. The summed E-state index contributed by atoms with van der Waals surface area (Å²) in [7, 11) is 0. The van der Waals surface area contributed by atoms with Gasteiger partial charge in [0.25, 0.3) is 5.91 Å². The minimum Gasteiger partial charge on any atom is -0.326 e. The number of carbonyl (C=O) groups excluding carboxylic acids is 3. The molecule has 2 aromatic carbocycles. The lowest BCUT2D eigenvalue weighted by Crippen LogP contribution is -2.42. The first-order valence-electron chi connectivity index (χ1n) is 8.61. The highest BCUT2D eigenvalue weighted by molar-refractivity contribution is 5.96. The molecule has 0 fully saturated rings. The van der Waals surface area contributed by atoms with Gasteiger partial charge in [-0.05, 0) is 36.2 Å². The smallest absolute Gasteiger partial charge is 0.269 e. The number of benzene rings is 2. The maximum absolute atomic E-state index is 12.1. The van der Waals surface area contributed by atoms with Gasteiger partial charge in [0, 0.05) is 17.7 Å². The Morgan fingerprint density at radius 2 is 1.54 bits per heavy atom. The maximum atomic E-state index is 12.1. The van der Waals surface area contributed by atoms with Crippen LogP contribution in [0.4, 0.5) is 5.69 Å². The second-order valence-electron chi connectivity index (χ2n) is 5.89. The van der Waals surface area contributed by atoms with Gasteiger partial charge in [0.05, 0.1) is 6.42 Å². The number of hydrazine groups is 1. The molecule has 0 saturated carbocycles. The fourth-order valence-electron chi connectivity index (χ4n) is 2.29. The summed E-state index contributed by atoms with van der Waals surface area (Å²) >= 11 is 0. The van der Waals surface area contributed by atoms with E-state index in [1.54, 1.807) is 24.3 Å². The third-order valence-corrected chi connectivity index (χ3v) is 3.71. The molecule has 2 aromatic rings. The second-order valence-corrected chi connectivity index (χ2v) is 5.89. The van der Waals surface area contributed by atoms with Gasteiger partial charge < -0.3 is 5.32 Å². The summed E-state index contributed by atoms with van der Waals surface area (Å²) in [6.07, 6.45) is 2.47. The van der Waals surface area contributed by atoms with E-state index in [0.29, 0.717) is 17.7 Å². The van der Waals surface area contributed by atoms with E-state index in [9.17, 15) is 14.4 Å². The van der Waals surface area contributed by atoms with Gasteiger partial charge in [0.2, 0.25) is 11.8 Å². The van der Waals surface area contributed by atoms with Crippen molar-refractivity contribution in [2.24, 2.45) is 0 Å². The van der Waals surface area contributed by atoms with Crippen LogP contribution >= 0.6 is 0 Å². The first kappa shape index (κ1) is 19.2. The third-order valence-electron chi connectivity index (χ3n) is 3.71. The lowest BCUT2D eigenvalue weighted by molar-refractivity contribution is -0.121. The Bertz CT molecular complexity index is 743. The normalized spacial score (nSPS) is 10.0. The minimum absolute atomic E-state index is 0.0442. The molecule has 0 spiro atoms. The van der Waals surface area contributed by atoms with E-state index < -0.39 is 5.91 Å². The van der Waals surface area contributed by atoms with Crippen molar-refractivity contribution in [1.82, 2.24) is 10.9 Å². The predicted molar refractivity (Wildman–Crippen MR) is 100 cm³/mol. The van der Waals surface area contributed by atoms with Gasteiger partial charge in [-0.15, -0.1) is 0 Å². The number of amides is 3. The minimum atomic E-state index is -0.421. The Morgan fingerprint density at radius 3 is 2.19 bits per heavy atom. The molecule has 0 aromatic heterocycles. The first-order valence-corrected chi connectivity index (χ1v) is 8.61. The lowest BCUT2D eigenvalue weighted by Gasteiger charge is -2.09. The molecule has 6 heteroatoms. The average Bonchev–Trinajstić information content (AvgIpc) is 2.66. The van der Waals surface area contributed by atoms with Crippen LogP contribution in [0.5, 0.6) is 0 Å². The van der Waals surface area contributed by atoms with Gasteiger partial charge in [0.1, 0.15) is 0 Å². The van der Waals surface area contributed by atoms with Crippen molar-refractivity contribution < 1.29 is 14.4 Å². The van der Waals surface area contributed by atoms with Gasteiger partial charge in [-0.25, -0.2) is 0 Å². The number of hydrogen-bond acceptors (Lipinski definition) is 3.